The summed E-state index contributed by atoms with van der Waals surface area (Å²) in [5.41, 5.74) is 3.33. The third-order valence-corrected chi connectivity index (χ3v) is 4.68. The van der Waals surface area contributed by atoms with Crippen molar-refractivity contribution in [2.24, 2.45) is 11.8 Å². The predicted molar refractivity (Wildman–Crippen MR) is 83.3 cm³/mol. The SMILES string of the molecule is CC(C)C1=CCN(C[C@@H](C)C2=CCN(C)CC2)CC1. The summed E-state index contributed by atoms with van der Waals surface area (Å²) in [5, 5.41) is 0. The monoisotopic (exact) mass is 262 g/mol. The molecule has 0 bridgehead atoms. The van der Waals surface area contributed by atoms with Crippen LogP contribution in [0.3, 0.4) is 0 Å². The molecule has 0 aromatic heterocycles. The molecule has 0 aliphatic carbocycles. The summed E-state index contributed by atoms with van der Waals surface area (Å²) in [7, 11) is 2.21. The van der Waals surface area contributed by atoms with Crippen molar-refractivity contribution in [3.8, 4) is 0 Å². The molecule has 0 radical (unpaired) electrons. The second-order valence-corrected chi connectivity index (χ2v) is 6.64. The van der Waals surface area contributed by atoms with E-state index in [1.165, 1.54) is 32.5 Å². The zero-order valence-corrected chi connectivity index (χ0v) is 13.2. The molecule has 0 saturated heterocycles. The van der Waals surface area contributed by atoms with E-state index in [0.29, 0.717) is 0 Å². The summed E-state index contributed by atoms with van der Waals surface area (Å²) in [6.07, 6.45) is 7.45. The van der Waals surface area contributed by atoms with Crippen LogP contribution in [0.2, 0.25) is 0 Å². The standard InChI is InChI=1S/C17H30N2/c1-14(2)16-7-11-19(12-8-16)13-15(3)17-5-9-18(4)10-6-17/h5,7,14-15H,6,8-13H2,1-4H3/t15-/m1/s1. The van der Waals surface area contributed by atoms with E-state index >= 15 is 0 Å². The van der Waals surface area contributed by atoms with Gasteiger partial charge in [0.05, 0.1) is 0 Å². The summed E-state index contributed by atoms with van der Waals surface area (Å²) in [4.78, 5) is 5.02. The lowest BCUT2D eigenvalue weighted by atomic mass is 9.93. The lowest BCUT2D eigenvalue weighted by molar-refractivity contribution is 0.255. The first-order chi connectivity index (χ1) is 9.06. The number of nitrogens with zero attached hydrogens (tertiary/aromatic N) is 2. The molecule has 0 amide bonds. The number of likely N-dealkylation sites (N-methyl/N-ethyl adjacent to an activating group) is 1. The van der Waals surface area contributed by atoms with Crippen LogP contribution in [-0.2, 0) is 0 Å². The predicted octanol–water partition coefficient (Wildman–Crippen LogP) is 3.17. The molecule has 108 valence electrons. The van der Waals surface area contributed by atoms with Gasteiger partial charge in [-0.05, 0) is 31.7 Å². The molecule has 0 saturated carbocycles. The molecule has 2 nitrogen and oxygen atoms in total. The van der Waals surface area contributed by atoms with Gasteiger partial charge in [-0.25, -0.2) is 0 Å². The average Bonchev–Trinajstić information content (AvgIpc) is 2.40. The zero-order chi connectivity index (χ0) is 13.8. The van der Waals surface area contributed by atoms with Crippen molar-refractivity contribution in [3.05, 3.63) is 23.3 Å². The van der Waals surface area contributed by atoms with Crippen molar-refractivity contribution < 1.29 is 0 Å². The molecule has 0 aromatic carbocycles. The maximum absolute atomic E-state index is 2.62. The van der Waals surface area contributed by atoms with E-state index in [0.717, 1.165) is 24.9 Å². The highest BCUT2D eigenvalue weighted by atomic mass is 15.1. The Balaban J connectivity index is 1.82. The van der Waals surface area contributed by atoms with E-state index < -0.39 is 0 Å². The van der Waals surface area contributed by atoms with Crippen LogP contribution in [0, 0.1) is 11.8 Å². The third-order valence-electron chi connectivity index (χ3n) is 4.68. The van der Waals surface area contributed by atoms with Crippen LogP contribution in [0.25, 0.3) is 0 Å². The first-order valence-electron chi connectivity index (χ1n) is 7.85. The molecule has 0 unspecified atom stereocenters. The molecular formula is C17H30N2. The summed E-state index contributed by atoms with van der Waals surface area (Å²) < 4.78 is 0. The summed E-state index contributed by atoms with van der Waals surface area (Å²) in [6, 6.07) is 0. The van der Waals surface area contributed by atoms with E-state index in [4.69, 9.17) is 0 Å². The Hall–Kier alpha value is -0.600. The Kier molecular flexibility index (Phi) is 5.23. The van der Waals surface area contributed by atoms with Gasteiger partial charge in [0.1, 0.15) is 0 Å². The summed E-state index contributed by atoms with van der Waals surface area (Å²) >= 11 is 0. The fourth-order valence-corrected chi connectivity index (χ4v) is 3.16. The van der Waals surface area contributed by atoms with Gasteiger partial charge in [0.25, 0.3) is 0 Å². The second-order valence-electron chi connectivity index (χ2n) is 6.64. The lowest BCUT2D eigenvalue weighted by Crippen LogP contribution is -2.35. The van der Waals surface area contributed by atoms with E-state index in [9.17, 15) is 0 Å². The molecule has 2 heteroatoms. The van der Waals surface area contributed by atoms with Gasteiger partial charge < -0.3 is 4.90 Å². The van der Waals surface area contributed by atoms with E-state index in [-0.39, 0.29) is 0 Å². The quantitative estimate of drug-likeness (QED) is 0.718. The molecule has 19 heavy (non-hydrogen) atoms. The average molecular weight is 262 g/mol. The highest BCUT2D eigenvalue weighted by Gasteiger charge is 2.19. The molecule has 2 heterocycles. The van der Waals surface area contributed by atoms with Gasteiger partial charge in [-0.3, -0.25) is 4.90 Å². The number of hydrogen-bond acceptors (Lipinski definition) is 2. The maximum Gasteiger partial charge on any atom is 0.0166 e. The van der Waals surface area contributed by atoms with Gasteiger partial charge in [0.15, 0.2) is 0 Å². The van der Waals surface area contributed by atoms with Crippen molar-refractivity contribution in [3.63, 3.8) is 0 Å². The van der Waals surface area contributed by atoms with Crippen LogP contribution in [0.5, 0.6) is 0 Å². The minimum atomic E-state index is 0.725. The van der Waals surface area contributed by atoms with Crippen molar-refractivity contribution in [2.45, 2.75) is 33.6 Å². The van der Waals surface area contributed by atoms with Gasteiger partial charge in [-0.15, -0.1) is 0 Å². The molecule has 0 N–H and O–H groups in total. The Labute approximate surface area is 119 Å². The smallest absolute Gasteiger partial charge is 0.0166 e. The van der Waals surface area contributed by atoms with E-state index in [1.54, 1.807) is 11.1 Å². The zero-order valence-electron chi connectivity index (χ0n) is 13.2. The van der Waals surface area contributed by atoms with Crippen LogP contribution in [-0.4, -0.2) is 49.6 Å². The van der Waals surface area contributed by atoms with Gasteiger partial charge in [-0.2, -0.15) is 0 Å². The van der Waals surface area contributed by atoms with Gasteiger partial charge >= 0.3 is 0 Å². The van der Waals surface area contributed by atoms with Crippen LogP contribution in [0.15, 0.2) is 23.3 Å². The summed E-state index contributed by atoms with van der Waals surface area (Å²) in [5.74, 6) is 1.46. The molecule has 0 aromatic rings. The van der Waals surface area contributed by atoms with Crippen molar-refractivity contribution >= 4 is 0 Å². The lowest BCUT2D eigenvalue weighted by Gasteiger charge is -2.32. The molecule has 0 fully saturated rings. The molecule has 0 spiro atoms. The highest BCUT2D eigenvalue weighted by Crippen LogP contribution is 2.23. The van der Waals surface area contributed by atoms with Gasteiger partial charge in [0, 0.05) is 32.7 Å². The Morgan fingerprint density at radius 1 is 1.00 bits per heavy atom. The molecule has 1 atom stereocenters. The van der Waals surface area contributed by atoms with E-state index in [1.807, 2.05) is 0 Å². The van der Waals surface area contributed by atoms with Crippen LogP contribution in [0.1, 0.15) is 33.6 Å². The van der Waals surface area contributed by atoms with Crippen molar-refractivity contribution in [1.82, 2.24) is 9.80 Å². The minimum Gasteiger partial charge on any atom is -0.302 e. The molecule has 2 rings (SSSR count). The first kappa shape index (κ1) is 14.8. The molecule has 2 aliphatic heterocycles. The van der Waals surface area contributed by atoms with Crippen molar-refractivity contribution in [1.29, 1.82) is 0 Å². The molecular weight excluding hydrogens is 232 g/mol. The largest absolute Gasteiger partial charge is 0.302 e. The van der Waals surface area contributed by atoms with Gasteiger partial charge in [0.2, 0.25) is 0 Å². The van der Waals surface area contributed by atoms with Crippen LogP contribution < -0.4 is 0 Å². The normalized spacial score (nSPS) is 24.3. The fourth-order valence-electron chi connectivity index (χ4n) is 3.16. The summed E-state index contributed by atoms with van der Waals surface area (Å²) in [6.45, 7) is 13.0. The highest BCUT2D eigenvalue weighted by molar-refractivity contribution is 5.13. The third kappa shape index (κ3) is 4.19. The molecule has 2 aliphatic rings. The Morgan fingerprint density at radius 2 is 1.68 bits per heavy atom. The Bertz CT molecular complexity index is 354. The van der Waals surface area contributed by atoms with Gasteiger partial charge in [-0.1, -0.05) is 44.1 Å². The van der Waals surface area contributed by atoms with Crippen molar-refractivity contribution in [2.75, 3.05) is 39.8 Å². The fraction of sp³-hybridized carbons (Fsp3) is 0.765. The first-order valence-corrected chi connectivity index (χ1v) is 7.85. The maximum atomic E-state index is 2.62. The topological polar surface area (TPSA) is 6.48 Å². The van der Waals surface area contributed by atoms with Crippen LogP contribution in [0.4, 0.5) is 0 Å². The Morgan fingerprint density at radius 3 is 2.21 bits per heavy atom. The second kappa shape index (κ2) is 6.71. The number of hydrogen-bond donors (Lipinski definition) is 0. The number of rotatable bonds is 4. The van der Waals surface area contributed by atoms with Crippen LogP contribution >= 0.6 is 0 Å². The minimum absolute atomic E-state index is 0.725. The van der Waals surface area contributed by atoms with E-state index in [2.05, 4.69) is 49.8 Å².